The summed E-state index contributed by atoms with van der Waals surface area (Å²) in [4.78, 5) is 11.7. The number of hydrogen-bond donors (Lipinski definition) is 1. The number of methoxy groups -OCH3 is 1. The van der Waals surface area contributed by atoms with Crippen molar-refractivity contribution in [2.75, 3.05) is 12.4 Å². The van der Waals surface area contributed by atoms with Gasteiger partial charge in [0.1, 0.15) is 0 Å². The smallest absolute Gasteiger partial charge is 0.338 e. The second-order valence-corrected chi connectivity index (χ2v) is 5.55. The summed E-state index contributed by atoms with van der Waals surface area (Å²) in [6.07, 6.45) is 5.33. The Balaban J connectivity index is 2.04. The van der Waals surface area contributed by atoms with E-state index in [1.807, 2.05) is 25.1 Å². The largest absolute Gasteiger partial charge is 0.465 e. The van der Waals surface area contributed by atoms with Gasteiger partial charge in [-0.05, 0) is 43.9 Å². The van der Waals surface area contributed by atoms with Crippen LogP contribution in [0.25, 0.3) is 0 Å². The molecule has 1 unspecified atom stereocenters. The summed E-state index contributed by atoms with van der Waals surface area (Å²) in [6, 6.07) is 6.18. The van der Waals surface area contributed by atoms with Gasteiger partial charge in [0.25, 0.3) is 0 Å². The van der Waals surface area contributed by atoms with Gasteiger partial charge in [0.15, 0.2) is 0 Å². The van der Waals surface area contributed by atoms with Crippen molar-refractivity contribution in [3.05, 3.63) is 29.3 Å². The molecule has 0 amide bonds. The van der Waals surface area contributed by atoms with E-state index < -0.39 is 0 Å². The van der Waals surface area contributed by atoms with Crippen molar-refractivity contribution in [3.8, 4) is 0 Å². The highest BCUT2D eigenvalue weighted by Crippen LogP contribution is 2.31. The maximum absolute atomic E-state index is 11.7. The van der Waals surface area contributed by atoms with Crippen molar-refractivity contribution in [2.45, 2.75) is 45.6 Å². The van der Waals surface area contributed by atoms with Gasteiger partial charge in [0.2, 0.25) is 0 Å². The monoisotopic (exact) mass is 261 g/mol. The highest BCUT2D eigenvalue weighted by molar-refractivity contribution is 5.92. The molecule has 1 aliphatic carbocycles. The van der Waals surface area contributed by atoms with E-state index in [0.29, 0.717) is 11.6 Å². The molecule has 1 atom stereocenters. The van der Waals surface area contributed by atoms with Crippen LogP contribution >= 0.6 is 0 Å². The minimum Gasteiger partial charge on any atom is -0.465 e. The van der Waals surface area contributed by atoms with Crippen molar-refractivity contribution in [1.82, 2.24) is 0 Å². The Kier molecular flexibility index (Phi) is 4.46. The summed E-state index contributed by atoms with van der Waals surface area (Å²) in [5, 5.41) is 3.52. The van der Waals surface area contributed by atoms with Crippen molar-refractivity contribution in [2.24, 2.45) is 5.92 Å². The van der Waals surface area contributed by atoms with E-state index in [1.165, 1.54) is 32.8 Å². The highest BCUT2D eigenvalue weighted by Gasteiger charge is 2.20. The van der Waals surface area contributed by atoms with Crippen LogP contribution in [0.2, 0.25) is 0 Å². The number of rotatable bonds is 5. The van der Waals surface area contributed by atoms with Gasteiger partial charge in [-0.15, -0.1) is 0 Å². The maximum atomic E-state index is 11.7. The molecule has 2 rings (SSSR count). The molecule has 0 saturated heterocycles. The Morgan fingerprint density at radius 2 is 2.21 bits per heavy atom. The topological polar surface area (TPSA) is 38.3 Å². The lowest BCUT2D eigenvalue weighted by atomic mass is 9.81. The number of benzene rings is 1. The zero-order valence-electron chi connectivity index (χ0n) is 12.0. The first-order valence-electron chi connectivity index (χ1n) is 7.06. The lowest BCUT2D eigenvalue weighted by molar-refractivity contribution is 0.0600. The first-order chi connectivity index (χ1) is 9.11. The molecular formula is C16H23NO2. The molecule has 0 radical (unpaired) electrons. The molecule has 1 aromatic carbocycles. The number of anilines is 1. The summed E-state index contributed by atoms with van der Waals surface area (Å²) in [7, 11) is 1.42. The number of ether oxygens (including phenoxy) is 1. The quantitative estimate of drug-likeness (QED) is 0.820. The second-order valence-electron chi connectivity index (χ2n) is 5.55. The first kappa shape index (κ1) is 13.9. The lowest BCUT2D eigenvalue weighted by Gasteiger charge is -2.29. The molecule has 0 bridgehead atoms. The average molecular weight is 261 g/mol. The Bertz CT molecular complexity index is 452. The minimum atomic E-state index is -0.271. The third kappa shape index (κ3) is 3.28. The summed E-state index contributed by atoms with van der Waals surface area (Å²) < 4.78 is 4.80. The summed E-state index contributed by atoms with van der Waals surface area (Å²) in [5.41, 5.74) is 2.65. The first-order valence-corrected chi connectivity index (χ1v) is 7.06. The molecule has 1 fully saturated rings. The molecule has 1 aliphatic rings. The predicted octanol–water partition coefficient (Wildman–Crippen LogP) is 3.77. The number of hydrogen-bond acceptors (Lipinski definition) is 3. The fourth-order valence-electron chi connectivity index (χ4n) is 2.68. The standard InChI is InChI=1S/C16H23NO2/c1-11(10-13-6-4-7-13)17-15-9-5-8-14(12(15)2)16(18)19-3/h5,8-9,11,13,17H,4,6-7,10H2,1-3H3. The van der Waals surface area contributed by atoms with E-state index in [0.717, 1.165) is 17.2 Å². The SMILES string of the molecule is COC(=O)c1cccc(NC(C)CC2CCC2)c1C. The van der Waals surface area contributed by atoms with E-state index in [9.17, 15) is 4.79 Å². The maximum Gasteiger partial charge on any atom is 0.338 e. The van der Waals surface area contributed by atoms with E-state index >= 15 is 0 Å². The summed E-state index contributed by atoms with van der Waals surface area (Å²) >= 11 is 0. The number of esters is 1. The molecule has 1 aromatic rings. The Morgan fingerprint density at radius 1 is 1.47 bits per heavy atom. The summed E-state index contributed by atoms with van der Waals surface area (Å²) in [5.74, 6) is 0.611. The number of carbonyl (C=O) groups is 1. The van der Waals surface area contributed by atoms with Gasteiger partial charge < -0.3 is 10.1 Å². The van der Waals surface area contributed by atoms with Gasteiger partial charge in [-0.25, -0.2) is 4.79 Å². The van der Waals surface area contributed by atoms with Gasteiger partial charge in [-0.1, -0.05) is 25.3 Å². The van der Waals surface area contributed by atoms with Crippen LogP contribution in [-0.2, 0) is 4.74 Å². The van der Waals surface area contributed by atoms with Crippen molar-refractivity contribution in [1.29, 1.82) is 0 Å². The van der Waals surface area contributed by atoms with Gasteiger partial charge in [0, 0.05) is 11.7 Å². The third-order valence-corrected chi connectivity index (χ3v) is 4.05. The number of carbonyl (C=O) groups excluding carboxylic acids is 1. The zero-order chi connectivity index (χ0) is 13.8. The van der Waals surface area contributed by atoms with E-state index in [-0.39, 0.29) is 5.97 Å². The molecular weight excluding hydrogens is 238 g/mol. The minimum absolute atomic E-state index is 0.271. The Hall–Kier alpha value is -1.51. The van der Waals surface area contributed by atoms with Crippen LogP contribution in [-0.4, -0.2) is 19.1 Å². The van der Waals surface area contributed by atoms with Crippen LogP contribution in [0, 0.1) is 12.8 Å². The van der Waals surface area contributed by atoms with Crippen molar-refractivity contribution >= 4 is 11.7 Å². The summed E-state index contributed by atoms with van der Waals surface area (Å²) in [6.45, 7) is 4.17. The fraction of sp³-hybridized carbons (Fsp3) is 0.562. The fourth-order valence-corrected chi connectivity index (χ4v) is 2.68. The van der Waals surface area contributed by atoms with Gasteiger partial charge in [-0.2, -0.15) is 0 Å². The lowest BCUT2D eigenvalue weighted by Crippen LogP contribution is -2.23. The zero-order valence-corrected chi connectivity index (χ0v) is 12.0. The Morgan fingerprint density at radius 3 is 2.79 bits per heavy atom. The molecule has 0 aliphatic heterocycles. The van der Waals surface area contributed by atoms with Gasteiger partial charge >= 0.3 is 5.97 Å². The molecule has 1 saturated carbocycles. The third-order valence-electron chi connectivity index (χ3n) is 4.05. The van der Waals surface area contributed by atoms with Crippen molar-refractivity contribution in [3.63, 3.8) is 0 Å². The highest BCUT2D eigenvalue weighted by atomic mass is 16.5. The molecule has 19 heavy (non-hydrogen) atoms. The molecule has 104 valence electrons. The van der Waals surface area contributed by atoms with Crippen molar-refractivity contribution < 1.29 is 9.53 Å². The van der Waals surface area contributed by atoms with Crippen LogP contribution in [0.5, 0.6) is 0 Å². The van der Waals surface area contributed by atoms with Crippen LogP contribution in [0.1, 0.15) is 48.5 Å². The van der Waals surface area contributed by atoms with Crippen LogP contribution in [0.15, 0.2) is 18.2 Å². The van der Waals surface area contributed by atoms with Crippen LogP contribution in [0.3, 0.4) is 0 Å². The predicted molar refractivity (Wildman–Crippen MR) is 77.6 cm³/mol. The molecule has 3 nitrogen and oxygen atoms in total. The van der Waals surface area contributed by atoms with Crippen LogP contribution in [0.4, 0.5) is 5.69 Å². The average Bonchev–Trinajstić information content (AvgIpc) is 2.35. The molecule has 0 aromatic heterocycles. The molecule has 1 N–H and O–H groups in total. The molecule has 3 heteroatoms. The van der Waals surface area contributed by atoms with Crippen LogP contribution < -0.4 is 5.32 Å². The van der Waals surface area contributed by atoms with E-state index in [4.69, 9.17) is 4.74 Å². The normalized spacial score (nSPS) is 16.6. The van der Waals surface area contributed by atoms with E-state index in [2.05, 4.69) is 12.2 Å². The van der Waals surface area contributed by atoms with Gasteiger partial charge in [0.05, 0.1) is 12.7 Å². The van der Waals surface area contributed by atoms with E-state index in [1.54, 1.807) is 0 Å². The Labute approximate surface area is 115 Å². The second kappa shape index (κ2) is 6.09. The van der Waals surface area contributed by atoms with Gasteiger partial charge in [-0.3, -0.25) is 0 Å². The number of nitrogens with one attached hydrogen (secondary N) is 1. The molecule has 0 heterocycles. The molecule has 0 spiro atoms.